The second-order valence-corrected chi connectivity index (χ2v) is 5.34. The van der Waals surface area contributed by atoms with Gasteiger partial charge in [-0.2, -0.15) is 4.72 Å². The number of imidazole rings is 1. The maximum absolute atomic E-state index is 11.8. The summed E-state index contributed by atoms with van der Waals surface area (Å²) in [6, 6.07) is -1.12. The summed E-state index contributed by atoms with van der Waals surface area (Å²) in [5.74, 6) is -1.19. The molecule has 8 heteroatoms. The van der Waals surface area contributed by atoms with Crippen molar-refractivity contribution >= 4 is 16.0 Å². The van der Waals surface area contributed by atoms with Crippen LogP contribution in [0, 0.1) is 0 Å². The van der Waals surface area contributed by atoms with Crippen LogP contribution in [-0.2, 0) is 21.9 Å². The molecule has 1 aromatic rings. The van der Waals surface area contributed by atoms with Crippen molar-refractivity contribution in [2.24, 2.45) is 7.05 Å². The average Bonchev–Trinajstić information content (AvgIpc) is 2.64. The number of aromatic nitrogens is 2. The van der Waals surface area contributed by atoms with Gasteiger partial charge < -0.3 is 9.67 Å². The van der Waals surface area contributed by atoms with E-state index < -0.39 is 22.0 Å². The predicted molar refractivity (Wildman–Crippen MR) is 59.9 cm³/mol. The van der Waals surface area contributed by atoms with E-state index in [0.29, 0.717) is 6.42 Å². The Kier molecular flexibility index (Phi) is 4.24. The molecule has 96 valence electrons. The first kappa shape index (κ1) is 13.7. The Labute approximate surface area is 99.5 Å². The fraction of sp³-hybridized carbons (Fsp3) is 0.556. The number of rotatable bonds is 6. The Morgan fingerprint density at radius 2 is 2.29 bits per heavy atom. The summed E-state index contributed by atoms with van der Waals surface area (Å²) >= 11 is 0. The van der Waals surface area contributed by atoms with Crippen LogP contribution in [0.1, 0.15) is 19.8 Å². The molecule has 1 heterocycles. The SMILES string of the molecule is CCCC(NS(=O)(=O)c1cn(C)cn1)C(=O)O. The lowest BCUT2D eigenvalue weighted by atomic mass is 10.2. The number of sulfonamides is 1. The highest BCUT2D eigenvalue weighted by molar-refractivity contribution is 7.89. The molecule has 17 heavy (non-hydrogen) atoms. The molecule has 0 aliphatic rings. The van der Waals surface area contributed by atoms with Crippen LogP contribution in [0.15, 0.2) is 17.6 Å². The van der Waals surface area contributed by atoms with E-state index in [0.717, 1.165) is 0 Å². The highest BCUT2D eigenvalue weighted by Gasteiger charge is 2.25. The molecular formula is C9H15N3O4S. The molecule has 0 fully saturated rings. The molecule has 0 bridgehead atoms. The van der Waals surface area contributed by atoms with E-state index in [4.69, 9.17) is 5.11 Å². The minimum absolute atomic E-state index is 0.178. The molecule has 1 aromatic heterocycles. The Morgan fingerprint density at radius 3 is 2.71 bits per heavy atom. The quantitative estimate of drug-likeness (QED) is 0.747. The molecule has 0 aromatic carbocycles. The monoisotopic (exact) mass is 261 g/mol. The lowest BCUT2D eigenvalue weighted by molar-refractivity contribution is -0.139. The van der Waals surface area contributed by atoms with Crippen molar-refractivity contribution in [1.82, 2.24) is 14.3 Å². The summed E-state index contributed by atoms with van der Waals surface area (Å²) < 4.78 is 27.2. The molecule has 0 aliphatic heterocycles. The maximum Gasteiger partial charge on any atom is 0.321 e. The van der Waals surface area contributed by atoms with Crippen LogP contribution in [0.5, 0.6) is 0 Å². The van der Waals surface area contributed by atoms with Crippen LogP contribution >= 0.6 is 0 Å². The summed E-state index contributed by atoms with van der Waals surface area (Å²) in [5.41, 5.74) is 0. The standard InChI is InChI=1S/C9H15N3O4S/c1-3-4-7(9(13)14)11-17(15,16)8-5-12(2)6-10-8/h5-7,11H,3-4H2,1-2H3,(H,13,14). The number of aliphatic carboxylic acids is 1. The Morgan fingerprint density at radius 1 is 1.65 bits per heavy atom. The van der Waals surface area contributed by atoms with E-state index in [1.807, 2.05) is 0 Å². The number of aryl methyl sites for hydroxylation is 1. The van der Waals surface area contributed by atoms with Crippen molar-refractivity contribution in [3.8, 4) is 0 Å². The third kappa shape index (κ3) is 3.53. The molecule has 1 atom stereocenters. The molecule has 2 N–H and O–H groups in total. The van der Waals surface area contributed by atoms with Gasteiger partial charge in [0.15, 0.2) is 5.03 Å². The van der Waals surface area contributed by atoms with E-state index in [2.05, 4.69) is 9.71 Å². The molecule has 0 radical (unpaired) electrons. The number of hydrogen-bond acceptors (Lipinski definition) is 4. The van der Waals surface area contributed by atoms with Gasteiger partial charge in [0.2, 0.25) is 0 Å². The zero-order valence-corrected chi connectivity index (χ0v) is 10.4. The van der Waals surface area contributed by atoms with Gasteiger partial charge in [0.1, 0.15) is 6.04 Å². The molecule has 1 rings (SSSR count). The molecule has 0 amide bonds. The third-order valence-corrected chi connectivity index (χ3v) is 3.49. The third-order valence-electron chi connectivity index (χ3n) is 2.13. The van der Waals surface area contributed by atoms with Crippen LogP contribution in [0.2, 0.25) is 0 Å². The molecule has 0 aliphatic carbocycles. The van der Waals surface area contributed by atoms with Crippen LogP contribution in [0.25, 0.3) is 0 Å². The summed E-state index contributed by atoms with van der Waals surface area (Å²) in [6.45, 7) is 1.78. The lowest BCUT2D eigenvalue weighted by Crippen LogP contribution is -2.40. The topological polar surface area (TPSA) is 101 Å². The minimum atomic E-state index is -3.87. The summed E-state index contributed by atoms with van der Waals surface area (Å²) in [4.78, 5) is 14.5. The second kappa shape index (κ2) is 5.28. The van der Waals surface area contributed by atoms with Gasteiger partial charge in [-0.05, 0) is 6.42 Å². The average molecular weight is 261 g/mol. The van der Waals surface area contributed by atoms with E-state index in [9.17, 15) is 13.2 Å². The maximum atomic E-state index is 11.8. The molecule has 0 spiro atoms. The van der Waals surface area contributed by atoms with Gasteiger partial charge >= 0.3 is 5.97 Å². The van der Waals surface area contributed by atoms with Crippen LogP contribution in [-0.4, -0.2) is 35.1 Å². The molecule has 7 nitrogen and oxygen atoms in total. The van der Waals surface area contributed by atoms with Gasteiger partial charge in [0.05, 0.1) is 6.33 Å². The highest BCUT2D eigenvalue weighted by Crippen LogP contribution is 2.07. The van der Waals surface area contributed by atoms with Gasteiger partial charge in [-0.3, -0.25) is 4.79 Å². The summed E-state index contributed by atoms with van der Waals surface area (Å²) in [5, 5.41) is 8.69. The highest BCUT2D eigenvalue weighted by atomic mass is 32.2. The van der Waals surface area contributed by atoms with Crippen molar-refractivity contribution in [3.63, 3.8) is 0 Å². The Bertz CT molecular complexity index is 494. The van der Waals surface area contributed by atoms with E-state index in [1.54, 1.807) is 14.0 Å². The number of carbonyl (C=O) groups is 1. The zero-order valence-electron chi connectivity index (χ0n) is 9.62. The van der Waals surface area contributed by atoms with E-state index in [1.165, 1.54) is 17.1 Å². The predicted octanol–water partition coefficient (Wildman–Crippen LogP) is -0.0483. The fourth-order valence-corrected chi connectivity index (χ4v) is 2.50. The van der Waals surface area contributed by atoms with Gasteiger partial charge in [-0.1, -0.05) is 13.3 Å². The van der Waals surface area contributed by atoms with Crippen molar-refractivity contribution in [2.45, 2.75) is 30.8 Å². The van der Waals surface area contributed by atoms with Crippen molar-refractivity contribution in [2.75, 3.05) is 0 Å². The van der Waals surface area contributed by atoms with Gasteiger partial charge in [-0.15, -0.1) is 0 Å². The van der Waals surface area contributed by atoms with Crippen LogP contribution < -0.4 is 4.72 Å². The first-order chi connectivity index (χ1) is 7.86. The molecular weight excluding hydrogens is 246 g/mol. The Hall–Kier alpha value is -1.41. The molecule has 1 unspecified atom stereocenters. The van der Waals surface area contributed by atoms with Crippen LogP contribution in [0.3, 0.4) is 0 Å². The number of hydrogen-bond donors (Lipinski definition) is 2. The van der Waals surface area contributed by atoms with Gasteiger partial charge in [0.25, 0.3) is 10.0 Å². The fourth-order valence-electron chi connectivity index (χ4n) is 1.30. The number of nitrogens with zero attached hydrogens (tertiary/aromatic N) is 2. The smallest absolute Gasteiger partial charge is 0.321 e. The lowest BCUT2D eigenvalue weighted by Gasteiger charge is -2.12. The number of carboxylic acid groups (broad SMARTS) is 1. The van der Waals surface area contributed by atoms with Crippen LogP contribution in [0.4, 0.5) is 0 Å². The normalized spacial score (nSPS) is 13.5. The molecule has 0 saturated carbocycles. The first-order valence-electron chi connectivity index (χ1n) is 5.10. The summed E-state index contributed by atoms with van der Waals surface area (Å²) in [6.07, 6.45) is 3.46. The number of carboxylic acids is 1. The summed E-state index contributed by atoms with van der Waals surface area (Å²) in [7, 11) is -2.24. The van der Waals surface area contributed by atoms with Gasteiger partial charge in [0, 0.05) is 13.2 Å². The van der Waals surface area contributed by atoms with Gasteiger partial charge in [-0.25, -0.2) is 13.4 Å². The minimum Gasteiger partial charge on any atom is -0.480 e. The van der Waals surface area contributed by atoms with E-state index in [-0.39, 0.29) is 11.4 Å². The molecule has 0 saturated heterocycles. The van der Waals surface area contributed by atoms with Crippen molar-refractivity contribution in [3.05, 3.63) is 12.5 Å². The largest absolute Gasteiger partial charge is 0.480 e. The second-order valence-electron chi connectivity index (χ2n) is 3.68. The van der Waals surface area contributed by atoms with E-state index >= 15 is 0 Å². The zero-order chi connectivity index (χ0) is 13.1. The Balaban J connectivity index is 2.88. The van der Waals surface area contributed by atoms with Crippen molar-refractivity contribution in [1.29, 1.82) is 0 Å². The number of nitrogens with one attached hydrogen (secondary N) is 1. The first-order valence-corrected chi connectivity index (χ1v) is 6.58. The van der Waals surface area contributed by atoms with Crippen molar-refractivity contribution < 1.29 is 18.3 Å².